The molecule has 0 aromatic carbocycles. The smallest absolute Gasteiger partial charge is 0.0689 e. The molecule has 2 heteroatoms. The Labute approximate surface area is 144 Å². The third-order valence-corrected chi connectivity index (χ3v) is 6.54. The first-order chi connectivity index (χ1) is 11.2. The van der Waals surface area contributed by atoms with Crippen molar-refractivity contribution in [3.8, 4) is 6.07 Å². The van der Waals surface area contributed by atoms with Crippen molar-refractivity contribution >= 4 is 0 Å². The van der Waals surface area contributed by atoms with Gasteiger partial charge in [0.25, 0.3) is 0 Å². The molecule has 0 atom stereocenters. The molecule has 0 aromatic heterocycles. The summed E-state index contributed by atoms with van der Waals surface area (Å²) in [7, 11) is 0. The van der Waals surface area contributed by atoms with Crippen molar-refractivity contribution in [3.05, 3.63) is 0 Å². The van der Waals surface area contributed by atoms with E-state index in [4.69, 9.17) is 0 Å². The lowest BCUT2D eigenvalue weighted by Crippen LogP contribution is -2.44. The fourth-order valence-electron chi connectivity index (χ4n) is 4.74. The van der Waals surface area contributed by atoms with E-state index in [-0.39, 0.29) is 5.41 Å². The maximum atomic E-state index is 9.64. The second kappa shape index (κ2) is 9.67. The van der Waals surface area contributed by atoms with Crippen molar-refractivity contribution < 1.29 is 0 Å². The summed E-state index contributed by atoms with van der Waals surface area (Å²) in [6.07, 6.45) is 16.9. The molecule has 0 spiro atoms. The van der Waals surface area contributed by atoms with Crippen molar-refractivity contribution in [1.82, 2.24) is 4.90 Å². The van der Waals surface area contributed by atoms with E-state index in [9.17, 15) is 5.26 Å². The number of rotatable bonds is 8. The average molecular weight is 319 g/mol. The van der Waals surface area contributed by atoms with E-state index < -0.39 is 0 Å². The molecule has 2 fully saturated rings. The molecule has 2 rings (SSSR count). The molecule has 0 radical (unpaired) electrons. The Morgan fingerprint density at radius 3 is 2.17 bits per heavy atom. The normalized spacial score (nSPS) is 30.2. The summed E-state index contributed by atoms with van der Waals surface area (Å²) in [5.74, 6) is 0.990. The summed E-state index contributed by atoms with van der Waals surface area (Å²) in [6, 6.07) is 3.47. The topological polar surface area (TPSA) is 27.0 Å². The molecule has 1 saturated carbocycles. The fourth-order valence-corrected chi connectivity index (χ4v) is 4.74. The van der Waals surface area contributed by atoms with Crippen LogP contribution in [0.25, 0.3) is 0 Å². The minimum Gasteiger partial charge on any atom is -0.300 e. The highest BCUT2D eigenvalue weighted by Gasteiger charge is 2.37. The fraction of sp³-hybridized carbons (Fsp3) is 0.952. The second-order valence-corrected chi connectivity index (χ2v) is 8.20. The summed E-state index contributed by atoms with van der Waals surface area (Å²) in [5.41, 5.74) is 0.0188. The Morgan fingerprint density at radius 2 is 1.61 bits per heavy atom. The second-order valence-electron chi connectivity index (χ2n) is 8.20. The van der Waals surface area contributed by atoms with Crippen LogP contribution in [0.2, 0.25) is 0 Å². The summed E-state index contributed by atoms with van der Waals surface area (Å²) in [5, 5.41) is 9.64. The summed E-state index contributed by atoms with van der Waals surface area (Å²) in [6.45, 7) is 7.17. The minimum atomic E-state index is 0.0188. The molecular formula is C21H38N2. The van der Waals surface area contributed by atoms with Crippen LogP contribution in [-0.4, -0.2) is 24.0 Å². The minimum absolute atomic E-state index is 0.0188. The summed E-state index contributed by atoms with van der Waals surface area (Å²) >= 11 is 0. The highest BCUT2D eigenvalue weighted by Crippen LogP contribution is 2.42. The first-order valence-electron chi connectivity index (χ1n) is 10.4. The number of nitrogens with zero attached hydrogens (tertiary/aromatic N) is 2. The van der Waals surface area contributed by atoms with Crippen LogP contribution >= 0.6 is 0 Å². The molecule has 2 aliphatic rings. The lowest BCUT2D eigenvalue weighted by Gasteiger charge is -2.43. The highest BCUT2D eigenvalue weighted by molar-refractivity contribution is 5.02. The lowest BCUT2D eigenvalue weighted by molar-refractivity contribution is 0.0756. The zero-order valence-electron chi connectivity index (χ0n) is 15.7. The standard InChI is InChI=1S/C21H38N2/c1-3-5-7-8-19-11-16-23(17-12-19)20-9-14-21(18-22,15-10-20)13-6-4-2/h19-20H,3-17H2,1-2H3/t20-,21-. The first kappa shape index (κ1) is 18.8. The van der Waals surface area contributed by atoms with E-state index in [1.807, 2.05) is 0 Å². The third kappa shape index (κ3) is 5.49. The Kier molecular flexibility index (Phi) is 7.90. The van der Waals surface area contributed by atoms with Gasteiger partial charge in [0.05, 0.1) is 11.5 Å². The van der Waals surface area contributed by atoms with E-state index >= 15 is 0 Å². The van der Waals surface area contributed by atoms with Gasteiger partial charge in [0.15, 0.2) is 0 Å². The number of likely N-dealkylation sites (tertiary alicyclic amines) is 1. The molecule has 0 aromatic rings. The Balaban J connectivity index is 1.71. The molecule has 0 bridgehead atoms. The third-order valence-electron chi connectivity index (χ3n) is 6.54. The predicted octanol–water partition coefficient (Wildman–Crippen LogP) is 5.92. The SMILES string of the molecule is CCCCCC1CCN([C@H]2CC[C@@](C#N)(CCCC)CC2)CC1. The molecule has 0 amide bonds. The molecule has 0 unspecified atom stereocenters. The molecule has 0 N–H and O–H groups in total. The maximum absolute atomic E-state index is 9.64. The summed E-state index contributed by atoms with van der Waals surface area (Å²) < 4.78 is 0. The largest absolute Gasteiger partial charge is 0.300 e. The van der Waals surface area contributed by atoms with Gasteiger partial charge >= 0.3 is 0 Å². The van der Waals surface area contributed by atoms with Gasteiger partial charge in [-0.05, 0) is 64.0 Å². The quantitative estimate of drug-likeness (QED) is 0.519. The number of hydrogen-bond donors (Lipinski definition) is 0. The predicted molar refractivity (Wildman–Crippen MR) is 98.3 cm³/mol. The van der Waals surface area contributed by atoms with Crippen LogP contribution in [0.1, 0.15) is 97.3 Å². The lowest BCUT2D eigenvalue weighted by atomic mass is 9.70. The van der Waals surface area contributed by atoms with Gasteiger partial charge < -0.3 is 4.90 Å². The average Bonchev–Trinajstić information content (AvgIpc) is 2.61. The van der Waals surface area contributed by atoms with Crippen LogP contribution in [-0.2, 0) is 0 Å². The van der Waals surface area contributed by atoms with Gasteiger partial charge in [-0.1, -0.05) is 52.4 Å². The molecule has 2 nitrogen and oxygen atoms in total. The van der Waals surface area contributed by atoms with Crippen molar-refractivity contribution in [1.29, 1.82) is 5.26 Å². The van der Waals surface area contributed by atoms with Gasteiger partial charge in [0, 0.05) is 6.04 Å². The molecule has 1 heterocycles. The number of hydrogen-bond acceptors (Lipinski definition) is 2. The highest BCUT2D eigenvalue weighted by atomic mass is 15.2. The maximum Gasteiger partial charge on any atom is 0.0689 e. The molecular weight excluding hydrogens is 280 g/mol. The van der Waals surface area contributed by atoms with Gasteiger partial charge in [0.2, 0.25) is 0 Å². The van der Waals surface area contributed by atoms with E-state index in [2.05, 4.69) is 24.8 Å². The van der Waals surface area contributed by atoms with Crippen LogP contribution in [0, 0.1) is 22.7 Å². The van der Waals surface area contributed by atoms with Crippen molar-refractivity contribution in [3.63, 3.8) is 0 Å². The molecule has 23 heavy (non-hydrogen) atoms. The van der Waals surface area contributed by atoms with Crippen LogP contribution in [0.3, 0.4) is 0 Å². The Morgan fingerprint density at radius 1 is 0.957 bits per heavy atom. The van der Waals surface area contributed by atoms with Gasteiger partial charge in [0.1, 0.15) is 0 Å². The molecule has 132 valence electrons. The molecule has 1 aliphatic heterocycles. The monoisotopic (exact) mass is 318 g/mol. The van der Waals surface area contributed by atoms with Crippen LogP contribution < -0.4 is 0 Å². The molecule has 1 aliphatic carbocycles. The zero-order valence-corrected chi connectivity index (χ0v) is 15.7. The summed E-state index contributed by atoms with van der Waals surface area (Å²) in [4.78, 5) is 2.76. The van der Waals surface area contributed by atoms with Crippen LogP contribution in [0.5, 0.6) is 0 Å². The number of unbranched alkanes of at least 4 members (excludes halogenated alkanes) is 3. The van der Waals surface area contributed by atoms with E-state index in [0.717, 1.165) is 31.2 Å². The van der Waals surface area contributed by atoms with Gasteiger partial charge in [-0.3, -0.25) is 0 Å². The van der Waals surface area contributed by atoms with Gasteiger partial charge in [-0.25, -0.2) is 0 Å². The molecule has 1 saturated heterocycles. The number of piperidine rings is 1. The van der Waals surface area contributed by atoms with Gasteiger partial charge in [-0.2, -0.15) is 5.26 Å². The zero-order chi connectivity index (χ0) is 16.5. The van der Waals surface area contributed by atoms with Crippen molar-refractivity contribution in [2.24, 2.45) is 11.3 Å². The van der Waals surface area contributed by atoms with Crippen molar-refractivity contribution in [2.75, 3.05) is 13.1 Å². The van der Waals surface area contributed by atoms with Crippen LogP contribution in [0.15, 0.2) is 0 Å². The van der Waals surface area contributed by atoms with Crippen molar-refractivity contribution in [2.45, 2.75) is 103 Å². The Bertz CT molecular complexity index is 355. The van der Waals surface area contributed by atoms with E-state index in [1.54, 1.807) is 0 Å². The Hall–Kier alpha value is -0.550. The van der Waals surface area contributed by atoms with Gasteiger partial charge in [-0.15, -0.1) is 0 Å². The van der Waals surface area contributed by atoms with Crippen LogP contribution in [0.4, 0.5) is 0 Å². The van der Waals surface area contributed by atoms with E-state index in [0.29, 0.717) is 0 Å². The first-order valence-corrected chi connectivity index (χ1v) is 10.4. The van der Waals surface area contributed by atoms with E-state index in [1.165, 1.54) is 77.3 Å². The number of nitriles is 1.